The number of hydrogen-bond acceptors (Lipinski definition) is 6. The van der Waals surface area contributed by atoms with Crippen LogP contribution >= 0.6 is 0 Å². The maximum Gasteiger partial charge on any atom is 0.351 e. The number of aromatic nitrogens is 2. The second-order valence-corrected chi connectivity index (χ2v) is 5.44. The normalized spacial score (nSPS) is 23.2. The number of aliphatic hydroxyl groups excluding tert-OH is 2. The molecule has 3 N–H and O–H groups in total. The van der Waals surface area contributed by atoms with Crippen LogP contribution < -0.4 is 11.0 Å². The summed E-state index contributed by atoms with van der Waals surface area (Å²) in [7, 11) is 0. The van der Waals surface area contributed by atoms with Crippen molar-refractivity contribution in [2.24, 2.45) is 0 Å². The predicted molar refractivity (Wildman–Crippen MR) is 84.5 cm³/mol. The summed E-state index contributed by atoms with van der Waals surface area (Å²) in [6.07, 6.45) is -0.643. The van der Waals surface area contributed by atoms with Gasteiger partial charge >= 0.3 is 5.69 Å². The summed E-state index contributed by atoms with van der Waals surface area (Å²) in [5, 5.41) is 21.4. The summed E-state index contributed by atoms with van der Waals surface area (Å²) in [6, 6.07) is 10.1. The zero-order chi connectivity index (χ0) is 17.1. The van der Waals surface area contributed by atoms with Crippen LogP contribution in [0.4, 0.5) is 5.82 Å². The van der Waals surface area contributed by atoms with E-state index in [4.69, 9.17) is 9.84 Å². The number of benzene rings is 1. The van der Waals surface area contributed by atoms with Crippen molar-refractivity contribution in [3.05, 3.63) is 58.6 Å². The van der Waals surface area contributed by atoms with E-state index in [1.165, 1.54) is 16.8 Å². The molecule has 1 fully saturated rings. The highest BCUT2D eigenvalue weighted by Crippen LogP contribution is 2.27. The third-order valence-corrected chi connectivity index (χ3v) is 3.80. The van der Waals surface area contributed by atoms with E-state index < -0.39 is 24.1 Å². The Morgan fingerprint density at radius 2 is 2.08 bits per heavy atom. The number of aliphatic hydroxyl groups is 2. The van der Waals surface area contributed by atoms with E-state index in [0.29, 0.717) is 5.56 Å². The molecule has 8 nitrogen and oxygen atoms in total. The van der Waals surface area contributed by atoms with Crippen LogP contribution in [0.1, 0.15) is 23.0 Å². The monoisotopic (exact) mass is 331 g/mol. The van der Waals surface area contributed by atoms with E-state index in [9.17, 15) is 14.7 Å². The summed E-state index contributed by atoms with van der Waals surface area (Å²) in [5.74, 6) is -0.240. The Hall–Kier alpha value is -2.55. The van der Waals surface area contributed by atoms with Crippen LogP contribution in [0, 0.1) is 0 Å². The van der Waals surface area contributed by atoms with Gasteiger partial charge in [0.25, 0.3) is 5.91 Å². The van der Waals surface area contributed by atoms with Gasteiger partial charge in [0.15, 0.2) is 0 Å². The lowest BCUT2D eigenvalue weighted by Gasteiger charge is -2.14. The van der Waals surface area contributed by atoms with Gasteiger partial charge in [-0.25, -0.2) is 4.79 Å². The summed E-state index contributed by atoms with van der Waals surface area (Å²) < 4.78 is 6.63. The second-order valence-electron chi connectivity index (χ2n) is 5.44. The summed E-state index contributed by atoms with van der Waals surface area (Å²) in [4.78, 5) is 28.0. The molecular weight excluding hydrogens is 314 g/mol. The first-order chi connectivity index (χ1) is 11.6. The minimum atomic E-state index is -0.843. The molecule has 1 aliphatic rings. The Bertz CT molecular complexity index is 777. The molecule has 0 aliphatic carbocycles. The fraction of sp³-hybridized carbons (Fsp3) is 0.312. The molecule has 1 aromatic carbocycles. The van der Waals surface area contributed by atoms with E-state index >= 15 is 0 Å². The van der Waals surface area contributed by atoms with Crippen molar-refractivity contribution >= 4 is 11.7 Å². The number of nitrogens with zero attached hydrogens (tertiary/aromatic N) is 2. The van der Waals surface area contributed by atoms with E-state index in [0.717, 1.165) is 0 Å². The highest BCUT2D eigenvalue weighted by atomic mass is 16.5. The topological polar surface area (TPSA) is 114 Å². The van der Waals surface area contributed by atoms with E-state index in [2.05, 4.69) is 10.3 Å². The second kappa shape index (κ2) is 6.91. The van der Waals surface area contributed by atoms with Crippen LogP contribution in [-0.4, -0.2) is 44.5 Å². The summed E-state index contributed by atoms with van der Waals surface area (Å²) >= 11 is 0. The van der Waals surface area contributed by atoms with Crippen molar-refractivity contribution in [2.75, 3.05) is 11.9 Å². The van der Waals surface area contributed by atoms with Gasteiger partial charge in [-0.15, -0.1) is 0 Å². The molecule has 0 spiro atoms. The summed E-state index contributed by atoms with van der Waals surface area (Å²) in [5.41, 5.74) is -0.159. The maximum atomic E-state index is 12.1. The predicted octanol–water partition coefficient (Wildman–Crippen LogP) is 0.136. The van der Waals surface area contributed by atoms with Crippen molar-refractivity contribution in [2.45, 2.75) is 24.9 Å². The third-order valence-electron chi connectivity index (χ3n) is 3.80. The van der Waals surface area contributed by atoms with Gasteiger partial charge in [-0.05, 0) is 18.2 Å². The zero-order valence-corrected chi connectivity index (χ0v) is 12.7. The number of hydrogen-bond donors (Lipinski definition) is 3. The average Bonchev–Trinajstić information content (AvgIpc) is 2.96. The standard InChI is InChI=1S/C16H17N3O5/c20-9-12-11(21)8-14(24-12)19-7-6-13(18-16(19)23)17-15(22)10-4-2-1-3-5-10/h1-7,11-12,14,20-21H,8-9H2,(H,17,18,22,23)/t11-,12?,14?/m1/s1. The van der Waals surface area contributed by atoms with Crippen LogP contribution in [0.5, 0.6) is 0 Å². The van der Waals surface area contributed by atoms with Gasteiger partial charge in [0, 0.05) is 18.2 Å². The first-order valence-corrected chi connectivity index (χ1v) is 7.48. The minimum Gasteiger partial charge on any atom is -0.394 e. The van der Waals surface area contributed by atoms with Gasteiger partial charge in [-0.3, -0.25) is 9.36 Å². The summed E-state index contributed by atoms with van der Waals surface area (Å²) in [6.45, 7) is -0.328. The SMILES string of the molecule is O=C(Nc1ccn(C2C[C@@H](O)C(CO)O2)c(=O)n1)c1ccccc1. The Morgan fingerprint density at radius 3 is 2.71 bits per heavy atom. The fourth-order valence-corrected chi connectivity index (χ4v) is 2.53. The van der Waals surface area contributed by atoms with Gasteiger partial charge in [-0.2, -0.15) is 4.98 Å². The van der Waals surface area contributed by atoms with E-state index in [1.807, 2.05) is 0 Å². The Kier molecular flexibility index (Phi) is 4.70. The highest BCUT2D eigenvalue weighted by Gasteiger charge is 2.34. The molecule has 0 saturated carbocycles. The molecule has 2 heterocycles. The number of amides is 1. The number of carbonyl (C=O) groups is 1. The molecule has 2 unspecified atom stereocenters. The lowest BCUT2D eigenvalue weighted by Crippen LogP contribution is -2.28. The fourth-order valence-electron chi connectivity index (χ4n) is 2.53. The third kappa shape index (κ3) is 3.35. The smallest absolute Gasteiger partial charge is 0.351 e. The van der Waals surface area contributed by atoms with Crippen molar-refractivity contribution in [3.63, 3.8) is 0 Å². The van der Waals surface area contributed by atoms with Gasteiger partial charge in [0.2, 0.25) is 0 Å². The van der Waals surface area contributed by atoms with Crippen LogP contribution in [0.25, 0.3) is 0 Å². The Labute approximate surface area is 137 Å². The Balaban J connectivity index is 1.74. The van der Waals surface area contributed by atoms with E-state index in [-0.39, 0.29) is 24.8 Å². The molecule has 3 rings (SSSR count). The number of rotatable bonds is 4. The molecular formula is C16H17N3O5. The first kappa shape index (κ1) is 16.3. The molecule has 1 amide bonds. The van der Waals surface area contributed by atoms with E-state index in [1.54, 1.807) is 30.3 Å². The number of anilines is 1. The van der Waals surface area contributed by atoms with Gasteiger partial charge in [0.1, 0.15) is 18.1 Å². The van der Waals surface area contributed by atoms with Crippen molar-refractivity contribution < 1.29 is 19.7 Å². The molecule has 2 aromatic rings. The molecule has 126 valence electrons. The lowest BCUT2D eigenvalue weighted by molar-refractivity contribution is -0.0458. The van der Waals surface area contributed by atoms with Crippen molar-refractivity contribution in [1.82, 2.24) is 9.55 Å². The van der Waals surface area contributed by atoms with Crippen molar-refractivity contribution in [1.29, 1.82) is 0 Å². The quantitative estimate of drug-likeness (QED) is 0.734. The zero-order valence-electron chi connectivity index (χ0n) is 12.7. The van der Waals surface area contributed by atoms with Crippen LogP contribution in [-0.2, 0) is 4.74 Å². The number of ether oxygens (including phenoxy) is 1. The molecule has 1 aromatic heterocycles. The Morgan fingerprint density at radius 1 is 1.33 bits per heavy atom. The average molecular weight is 331 g/mol. The molecule has 1 aliphatic heterocycles. The number of nitrogens with one attached hydrogen (secondary N) is 1. The molecule has 8 heteroatoms. The van der Waals surface area contributed by atoms with Crippen LogP contribution in [0.2, 0.25) is 0 Å². The number of carbonyl (C=O) groups excluding carboxylic acids is 1. The molecule has 0 radical (unpaired) electrons. The van der Waals surface area contributed by atoms with Gasteiger partial charge < -0.3 is 20.3 Å². The van der Waals surface area contributed by atoms with Gasteiger partial charge in [0.05, 0.1) is 12.7 Å². The first-order valence-electron chi connectivity index (χ1n) is 7.48. The molecule has 3 atom stereocenters. The molecule has 0 bridgehead atoms. The minimum absolute atomic E-state index is 0.127. The highest BCUT2D eigenvalue weighted by molar-refractivity contribution is 6.03. The molecule has 1 saturated heterocycles. The van der Waals surface area contributed by atoms with Crippen LogP contribution in [0.3, 0.4) is 0 Å². The lowest BCUT2D eigenvalue weighted by atomic mass is 10.2. The van der Waals surface area contributed by atoms with Crippen molar-refractivity contribution in [3.8, 4) is 0 Å². The largest absolute Gasteiger partial charge is 0.394 e. The van der Waals surface area contributed by atoms with Crippen LogP contribution in [0.15, 0.2) is 47.4 Å². The maximum absolute atomic E-state index is 12.1. The van der Waals surface area contributed by atoms with Gasteiger partial charge in [-0.1, -0.05) is 18.2 Å². The molecule has 24 heavy (non-hydrogen) atoms.